The summed E-state index contributed by atoms with van der Waals surface area (Å²) in [7, 11) is 3.19. The number of ketones is 1. The van der Waals surface area contributed by atoms with E-state index in [9.17, 15) is 9.90 Å². The number of phenols is 1. The van der Waals surface area contributed by atoms with Crippen LogP contribution >= 0.6 is 0 Å². The number of Topliss-reactive ketones (excluding diaryl/α,β-unsaturated/α-hetero) is 1. The molecule has 2 aromatic rings. The van der Waals surface area contributed by atoms with Gasteiger partial charge in [0, 0.05) is 12.1 Å². The van der Waals surface area contributed by atoms with E-state index < -0.39 is 0 Å². The zero-order valence-electron chi connectivity index (χ0n) is 13.0. The minimum absolute atomic E-state index is 0.0177. The van der Waals surface area contributed by atoms with Gasteiger partial charge >= 0.3 is 0 Å². The van der Waals surface area contributed by atoms with Crippen molar-refractivity contribution in [3.05, 3.63) is 47.5 Å². The molecule has 1 atom stereocenters. The molecule has 1 unspecified atom stereocenters. The molecule has 1 aliphatic heterocycles. The molecule has 0 aliphatic carbocycles. The molecule has 0 fully saturated rings. The van der Waals surface area contributed by atoms with Crippen molar-refractivity contribution < 1.29 is 24.1 Å². The lowest BCUT2D eigenvalue weighted by Gasteiger charge is -2.24. The van der Waals surface area contributed by atoms with Crippen LogP contribution in [0.2, 0.25) is 0 Å². The van der Waals surface area contributed by atoms with Crippen LogP contribution in [-0.2, 0) is 6.42 Å². The molecule has 1 aliphatic rings. The Bertz CT molecular complexity index is 738. The maximum absolute atomic E-state index is 12.6. The van der Waals surface area contributed by atoms with Gasteiger partial charge in [-0.2, -0.15) is 0 Å². The zero-order valence-corrected chi connectivity index (χ0v) is 13.0. The molecule has 1 N–H and O–H groups in total. The Labute approximate surface area is 134 Å². The number of benzene rings is 2. The molecular weight excluding hydrogens is 296 g/mol. The van der Waals surface area contributed by atoms with Gasteiger partial charge in [-0.3, -0.25) is 4.79 Å². The maximum Gasteiger partial charge on any atom is 0.173 e. The van der Waals surface area contributed by atoms with E-state index >= 15 is 0 Å². The first kappa shape index (κ1) is 15.2. The molecule has 23 heavy (non-hydrogen) atoms. The first-order chi connectivity index (χ1) is 11.1. The Kier molecular flexibility index (Phi) is 4.10. The van der Waals surface area contributed by atoms with Crippen LogP contribution in [0.25, 0.3) is 0 Å². The van der Waals surface area contributed by atoms with Gasteiger partial charge in [0.15, 0.2) is 5.78 Å². The second kappa shape index (κ2) is 6.20. The molecule has 0 spiro atoms. The second-order valence-electron chi connectivity index (χ2n) is 5.43. The number of fused-ring (bicyclic) bond motifs is 1. The quantitative estimate of drug-likeness (QED) is 0.940. The number of ether oxygens (including phenoxy) is 3. The fraction of sp³-hybridized carbons (Fsp3) is 0.278. The van der Waals surface area contributed by atoms with E-state index in [4.69, 9.17) is 14.2 Å². The highest BCUT2D eigenvalue weighted by molar-refractivity contribution is 6.01. The third kappa shape index (κ3) is 2.95. The van der Waals surface area contributed by atoms with Crippen LogP contribution in [0.4, 0.5) is 0 Å². The summed E-state index contributed by atoms with van der Waals surface area (Å²) in [5.41, 5.74) is 1.43. The van der Waals surface area contributed by atoms with Gasteiger partial charge in [0.05, 0.1) is 32.3 Å². The van der Waals surface area contributed by atoms with E-state index in [1.807, 2.05) is 12.1 Å². The lowest BCUT2D eigenvalue weighted by molar-refractivity contribution is 0.0829. The molecule has 0 saturated carbocycles. The van der Waals surface area contributed by atoms with E-state index in [1.165, 1.54) is 12.1 Å². The highest BCUT2D eigenvalue weighted by atomic mass is 16.5. The lowest BCUT2D eigenvalue weighted by atomic mass is 9.89. The second-order valence-corrected chi connectivity index (χ2v) is 5.43. The lowest BCUT2D eigenvalue weighted by Crippen LogP contribution is -2.29. The molecule has 5 nitrogen and oxygen atoms in total. The van der Waals surface area contributed by atoms with Crippen molar-refractivity contribution in [2.75, 3.05) is 20.8 Å². The van der Waals surface area contributed by atoms with Crippen LogP contribution in [0.5, 0.6) is 23.0 Å². The number of carbonyl (C=O) groups is 1. The van der Waals surface area contributed by atoms with Crippen LogP contribution in [0, 0.1) is 5.92 Å². The number of phenolic OH excluding ortho intramolecular Hbond substituents is 1. The van der Waals surface area contributed by atoms with Gasteiger partial charge in [-0.25, -0.2) is 0 Å². The molecule has 1 heterocycles. The topological polar surface area (TPSA) is 65.0 Å². The van der Waals surface area contributed by atoms with Gasteiger partial charge in [-0.1, -0.05) is 6.07 Å². The van der Waals surface area contributed by atoms with Gasteiger partial charge in [0.1, 0.15) is 23.0 Å². The maximum atomic E-state index is 12.6. The van der Waals surface area contributed by atoms with E-state index in [0.29, 0.717) is 29.2 Å². The van der Waals surface area contributed by atoms with Crippen molar-refractivity contribution in [2.45, 2.75) is 6.42 Å². The summed E-state index contributed by atoms with van der Waals surface area (Å²) >= 11 is 0. The highest BCUT2D eigenvalue weighted by Gasteiger charge is 2.30. The average molecular weight is 314 g/mol. The molecule has 0 saturated heterocycles. The van der Waals surface area contributed by atoms with Crippen molar-refractivity contribution in [1.82, 2.24) is 0 Å². The summed E-state index contributed by atoms with van der Waals surface area (Å²) in [6.45, 7) is 0.282. The smallest absolute Gasteiger partial charge is 0.173 e. The molecule has 5 heteroatoms. The molecule has 2 aromatic carbocycles. The fourth-order valence-electron chi connectivity index (χ4n) is 2.76. The van der Waals surface area contributed by atoms with E-state index in [2.05, 4.69) is 0 Å². The molecule has 3 rings (SSSR count). The first-order valence-corrected chi connectivity index (χ1v) is 7.33. The van der Waals surface area contributed by atoms with E-state index in [-0.39, 0.29) is 24.1 Å². The predicted molar refractivity (Wildman–Crippen MR) is 84.7 cm³/mol. The van der Waals surface area contributed by atoms with Gasteiger partial charge in [-0.05, 0) is 30.2 Å². The predicted octanol–water partition coefficient (Wildman–Crippen LogP) is 2.84. The van der Waals surface area contributed by atoms with Crippen molar-refractivity contribution in [1.29, 1.82) is 0 Å². The summed E-state index contributed by atoms with van der Waals surface area (Å²) in [5, 5.41) is 9.47. The summed E-state index contributed by atoms with van der Waals surface area (Å²) in [6.07, 6.45) is 0.520. The Hall–Kier alpha value is -2.69. The first-order valence-electron chi connectivity index (χ1n) is 7.33. The number of rotatable bonds is 4. The van der Waals surface area contributed by atoms with Gasteiger partial charge < -0.3 is 19.3 Å². The summed E-state index contributed by atoms with van der Waals surface area (Å²) in [4.78, 5) is 12.6. The molecule has 0 amide bonds. The monoisotopic (exact) mass is 314 g/mol. The Morgan fingerprint density at radius 3 is 2.74 bits per heavy atom. The van der Waals surface area contributed by atoms with Crippen LogP contribution in [-0.4, -0.2) is 31.7 Å². The zero-order chi connectivity index (χ0) is 16.4. The van der Waals surface area contributed by atoms with Crippen molar-refractivity contribution in [3.8, 4) is 23.0 Å². The minimum Gasteiger partial charge on any atom is -0.508 e. The molecule has 0 bridgehead atoms. The Balaban J connectivity index is 1.84. The van der Waals surface area contributed by atoms with Crippen LogP contribution < -0.4 is 14.2 Å². The van der Waals surface area contributed by atoms with Crippen LogP contribution in [0.1, 0.15) is 15.9 Å². The van der Waals surface area contributed by atoms with Gasteiger partial charge in [0.25, 0.3) is 0 Å². The van der Waals surface area contributed by atoms with Crippen molar-refractivity contribution in [2.24, 2.45) is 5.92 Å². The van der Waals surface area contributed by atoms with E-state index in [0.717, 1.165) is 5.56 Å². The van der Waals surface area contributed by atoms with Crippen LogP contribution in [0.3, 0.4) is 0 Å². The van der Waals surface area contributed by atoms with Gasteiger partial charge in [0.2, 0.25) is 0 Å². The molecule has 0 radical (unpaired) electrons. The third-order valence-electron chi connectivity index (χ3n) is 4.00. The SMILES string of the molecule is COc1ccc(CC2COc3cc(O)ccc3C2=O)c(OC)c1. The largest absolute Gasteiger partial charge is 0.508 e. The number of carbonyl (C=O) groups excluding carboxylic acids is 1. The number of hydrogen-bond acceptors (Lipinski definition) is 5. The summed E-state index contributed by atoms with van der Waals surface area (Å²) in [6, 6.07) is 10.1. The summed E-state index contributed by atoms with van der Waals surface area (Å²) < 4.78 is 16.2. The number of hydrogen-bond donors (Lipinski definition) is 1. The highest BCUT2D eigenvalue weighted by Crippen LogP contribution is 2.33. The van der Waals surface area contributed by atoms with Crippen molar-refractivity contribution in [3.63, 3.8) is 0 Å². The standard InChI is InChI=1S/C18H18O5/c1-21-14-5-3-11(16(9-14)22-2)7-12-10-23-17-8-13(19)4-6-15(17)18(12)20/h3-6,8-9,12,19H,7,10H2,1-2H3. The van der Waals surface area contributed by atoms with Gasteiger partial charge in [-0.15, -0.1) is 0 Å². The fourth-order valence-corrected chi connectivity index (χ4v) is 2.76. The molecule has 0 aromatic heterocycles. The summed E-state index contributed by atoms with van der Waals surface area (Å²) in [5.74, 6) is 1.66. The Morgan fingerprint density at radius 2 is 2.00 bits per heavy atom. The Morgan fingerprint density at radius 1 is 1.17 bits per heavy atom. The number of methoxy groups -OCH3 is 2. The third-order valence-corrected chi connectivity index (χ3v) is 4.00. The average Bonchev–Trinajstić information content (AvgIpc) is 2.57. The number of aromatic hydroxyl groups is 1. The van der Waals surface area contributed by atoms with Crippen LogP contribution in [0.15, 0.2) is 36.4 Å². The minimum atomic E-state index is -0.283. The van der Waals surface area contributed by atoms with E-state index in [1.54, 1.807) is 26.4 Å². The molecule has 120 valence electrons. The normalized spacial score (nSPS) is 16.4. The molecular formula is C18H18O5. The van der Waals surface area contributed by atoms with Crippen molar-refractivity contribution >= 4 is 5.78 Å².